The lowest BCUT2D eigenvalue weighted by Crippen LogP contribution is -2.06. The van der Waals surface area contributed by atoms with Gasteiger partial charge in [-0.3, -0.25) is 0 Å². The van der Waals surface area contributed by atoms with Gasteiger partial charge in [0.1, 0.15) is 10.8 Å². The highest BCUT2D eigenvalue weighted by Gasteiger charge is 2.28. The molecule has 1 saturated carbocycles. The third kappa shape index (κ3) is 1.10. The van der Waals surface area contributed by atoms with Crippen LogP contribution in [-0.4, -0.2) is 15.6 Å². The third-order valence-corrected chi connectivity index (χ3v) is 2.31. The fourth-order valence-corrected chi connectivity index (χ4v) is 1.59. The van der Waals surface area contributed by atoms with Gasteiger partial charge in [-0.15, -0.1) is 0 Å². The molecule has 0 radical (unpaired) electrons. The molecule has 0 aliphatic heterocycles. The minimum atomic E-state index is -0.909. The van der Waals surface area contributed by atoms with Gasteiger partial charge in [0.2, 0.25) is 0 Å². The van der Waals surface area contributed by atoms with Crippen molar-refractivity contribution < 1.29 is 9.90 Å². The Morgan fingerprint density at radius 2 is 2.25 bits per heavy atom. The van der Waals surface area contributed by atoms with Crippen LogP contribution in [-0.2, 0) is 0 Å². The second-order valence-corrected chi connectivity index (χ2v) is 3.33. The van der Waals surface area contributed by atoms with Crippen LogP contribution in [0.25, 0.3) is 0 Å². The summed E-state index contributed by atoms with van der Waals surface area (Å²) in [5, 5.41) is 9.30. The van der Waals surface area contributed by atoms with E-state index in [1.165, 1.54) is 0 Å². The number of carbonyl (C=O) groups is 1. The molecule has 12 heavy (non-hydrogen) atoms. The molecule has 1 aromatic heterocycles. The van der Waals surface area contributed by atoms with Gasteiger partial charge >= 0.3 is 5.97 Å². The van der Waals surface area contributed by atoms with Gasteiger partial charge < -0.3 is 9.67 Å². The molecule has 0 atom stereocenters. The van der Waals surface area contributed by atoms with Gasteiger partial charge in [0.25, 0.3) is 0 Å². The molecule has 1 aromatic rings. The Morgan fingerprint density at radius 1 is 1.58 bits per heavy atom. The van der Waals surface area contributed by atoms with E-state index in [1.54, 1.807) is 16.7 Å². The van der Waals surface area contributed by atoms with Gasteiger partial charge in [0.15, 0.2) is 0 Å². The van der Waals surface area contributed by atoms with Crippen molar-refractivity contribution in [3.05, 3.63) is 23.0 Å². The molecule has 2 rings (SSSR count). The zero-order valence-corrected chi connectivity index (χ0v) is 7.08. The summed E-state index contributed by atoms with van der Waals surface area (Å²) in [5.74, 6) is -0.909. The molecule has 64 valence electrons. The Kier molecular flexibility index (Phi) is 1.61. The summed E-state index contributed by atoms with van der Waals surface area (Å²) >= 11 is 5.82. The van der Waals surface area contributed by atoms with E-state index in [9.17, 15) is 4.79 Å². The van der Waals surface area contributed by atoms with Gasteiger partial charge in [0.05, 0.1) is 0 Å². The van der Waals surface area contributed by atoms with Crippen LogP contribution in [0, 0.1) is 0 Å². The van der Waals surface area contributed by atoms with Crippen molar-refractivity contribution in [1.29, 1.82) is 0 Å². The van der Waals surface area contributed by atoms with E-state index in [2.05, 4.69) is 0 Å². The smallest absolute Gasteiger partial charge is 0.352 e. The van der Waals surface area contributed by atoms with Crippen LogP contribution in [0.15, 0.2) is 12.1 Å². The van der Waals surface area contributed by atoms with Crippen molar-refractivity contribution in [3.63, 3.8) is 0 Å². The molecule has 4 heteroatoms. The highest BCUT2D eigenvalue weighted by atomic mass is 35.5. The molecule has 0 aromatic carbocycles. The number of aromatic nitrogens is 1. The fourth-order valence-electron chi connectivity index (χ4n) is 1.30. The van der Waals surface area contributed by atoms with E-state index in [4.69, 9.17) is 16.7 Å². The lowest BCUT2D eigenvalue weighted by atomic mass is 10.4. The Hall–Kier alpha value is -0.960. The molecular formula is C8H8ClNO2. The Labute approximate surface area is 74.6 Å². The van der Waals surface area contributed by atoms with E-state index in [1.807, 2.05) is 0 Å². The standard InChI is InChI=1S/C8H8ClNO2/c9-7-4-3-6(8(11)12)10(7)5-1-2-5/h3-5H,1-2H2,(H,11,12). The van der Waals surface area contributed by atoms with E-state index in [-0.39, 0.29) is 0 Å². The van der Waals surface area contributed by atoms with Crippen molar-refractivity contribution in [1.82, 2.24) is 4.57 Å². The highest BCUT2D eigenvalue weighted by molar-refractivity contribution is 6.30. The predicted molar refractivity (Wildman–Crippen MR) is 44.7 cm³/mol. The molecule has 1 N–H and O–H groups in total. The lowest BCUT2D eigenvalue weighted by Gasteiger charge is -2.04. The first-order valence-electron chi connectivity index (χ1n) is 3.80. The lowest BCUT2D eigenvalue weighted by molar-refractivity contribution is 0.0685. The minimum Gasteiger partial charge on any atom is -0.477 e. The van der Waals surface area contributed by atoms with Crippen LogP contribution >= 0.6 is 11.6 Å². The van der Waals surface area contributed by atoms with E-state index in [0.29, 0.717) is 16.9 Å². The maximum atomic E-state index is 10.7. The molecular weight excluding hydrogens is 178 g/mol. The molecule has 3 nitrogen and oxygen atoms in total. The number of hydrogen-bond acceptors (Lipinski definition) is 1. The fraction of sp³-hybridized carbons (Fsp3) is 0.375. The van der Waals surface area contributed by atoms with Crippen LogP contribution in [0.3, 0.4) is 0 Å². The molecule has 0 amide bonds. The van der Waals surface area contributed by atoms with Crippen LogP contribution in [0.5, 0.6) is 0 Å². The average Bonchev–Trinajstić information content (AvgIpc) is 2.75. The third-order valence-electron chi connectivity index (χ3n) is 2.00. The summed E-state index contributed by atoms with van der Waals surface area (Å²) in [7, 11) is 0. The van der Waals surface area contributed by atoms with Crippen LogP contribution in [0.1, 0.15) is 29.4 Å². The highest BCUT2D eigenvalue weighted by Crippen LogP contribution is 2.38. The van der Waals surface area contributed by atoms with E-state index >= 15 is 0 Å². The van der Waals surface area contributed by atoms with Crippen molar-refractivity contribution in [2.24, 2.45) is 0 Å². The molecule has 0 saturated heterocycles. The number of aromatic carboxylic acids is 1. The van der Waals surface area contributed by atoms with Crippen molar-refractivity contribution in [2.75, 3.05) is 0 Å². The Balaban J connectivity index is 2.46. The second-order valence-electron chi connectivity index (χ2n) is 2.95. The van der Waals surface area contributed by atoms with Crippen molar-refractivity contribution in [3.8, 4) is 0 Å². The molecule has 0 bridgehead atoms. The van der Waals surface area contributed by atoms with Gasteiger partial charge in [0, 0.05) is 6.04 Å². The maximum absolute atomic E-state index is 10.7. The number of halogens is 1. The van der Waals surface area contributed by atoms with Crippen molar-refractivity contribution >= 4 is 17.6 Å². The Bertz CT molecular complexity index is 328. The summed E-state index contributed by atoms with van der Waals surface area (Å²) in [5.41, 5.74) is 0.294. The number of carboxylic acids is 1. The summed E-state index contributed by atoms with van der Waals surface area (Å²) in [4.78, 5) is 10.7. The summed E-state index contributed by atoms with van der Waals surface area (Å²) in [6.45, 7) is 0. The molecule has 0 spiro atoms. The quantitative estimate of drug-likeness (QED) is 0.768. The number of nitrogens with zero attached hydrogens (tertiary/aromatic N) is 1. The first-order chi connectivity index (χ1) is 5.70. The first kappa shape index (κ1) is 7.68. The van der Waals surface area contributed by atoms with Crippen LogP contribution < -0.4 is 0 Å². The van der Waals surface area contributed by atoms with E-state index < -0.39 is 5.97 Å². The van der Waals surface area contributed by atoms with Crippen LogP contribution in [0.2, 0.25) is 5.15 Å². The molecule has 1 heterocycles. The number of carboxylic acid groups (broad SMARTS) is 1. The van der Waals surface area contributed by atoms with Gasteiger partial charge in [-0.1, -0.05) is 11.6 Å². The zero-order chi connectivity index (χ0) is 8.72. The Morgan fingerprint density at radius 3 is 2.75 bits per heavy atom. The van der Waals surface area contributed by atoms with Gasteiger partial charge in [-0.25, -0.2) is 4.79 Å². The molecule has 0 unspecified atom stereocenters. The molecule has 1 aliphatic rings. The normalized spacial score (nSPS) is 16.4. The first-order valence-corrected chi connectivity index (χ1v) is 4.18. The van der Waals surface area contributed by atoms with Crippen LogP contribution in [0.4, 0.5) is 0 Å². The maximum Gasteiger partial charge on any atom is 0.352 e. The molecule has 1 aliphatic carbocycles. The van der Waals surface area contributed by atoms with Gasteiger partial charge in [-0.2, -0.15) is 0 Å². The molecule has 1 fully saturated rings. The SMILES string of the molecule is O=C(O)c1ccc(Cl)n1C1CC1. The van der Waals surface area contributed by atoms with Gasteiger partial charge in [-0.05, 0) is 25.0 Å². The summed E-state index contributed by atoms with van der Waals surface area (Å²) in [6, 6.07) is 3.49. The summed E-state index contributed by atoms with van der Waals surface area (Å²) in [6.07, 6.45) is 2.07. The number of hydrogen-bond donors (Lipinski definition) is 1. The van der Waals surface area contributed by atoms with E-state index in [0.717, 1.165) is 12.8 Å². The minimum absolute atomic E-state index is 0.294. The average molecular weight is 186 g/mol. The predicted octanol–water partition coefficient (Wildman–Crippen LogP) is 2.17. The number of rotatable bonds is 2. The summed E-state index contributed by atoms with van der Waals surface area (Å²) < 4.78 is 1.68. The monoisotopic (exact) mass is 185 g/mol. The zero-order valence-electron chi connectivity index (χ0n) is 6.33. The largest absolute Gasteiger partial charge is 0.477 e. The van der Waals surface area contributed by atoms with Crippen molar-refractivity contribution in [2.45, 2.75) is 18.9 Å². The topological polar surface area (TPSA) is 42.2 Å². The second kappa shape index (κ2) is 2.52.